The summed E-state index contributed by atoms with van der Waals surface area (Å²) in [6.07, 6.45) is 1.91. The van der Waals surface area contributed by atoms with Gasteiger partial charge >= 0.3 is 12.0 Å². The summed E-state index contributed by atoms with van der Waals surface area (Å²) >= 11 is 1.88. The van der Waals surface area contributed by atoms with Crippen molar-refractivity contribution in [2.75, 3.05) is 11.5 Å². The standard InChI is InChI=1S/C11H20N2O3S/c1-7(2)9(10(14)15)13-11(16)12-8-3-5-17-6-4-8/h7-9H,3-6H2,1-2H3,(H,14,15)(H2,12,13,16). The van der Waals surface area contributed by atoms with Crippen LogP contribution in [0.3, 0.4) is 0 Å². The average molecular weight is 260 g/mol. The maximum atomic E-state index is 11.6. The minimum Gasteiger partial charge on any atom is -0.480 e. The molecule has 98 valence electrons. The Morgan fingerprint density at radius 2 is 1.88 bits per heavy atom. The number of hydrogen-bond acceptors (Lipinski definition) is 3. The van der Waals surface area contributed by atoms with Crippen LogP contribution in [-0.2, 0) is 4.79 Å². The predicted molar refractivity (Wildman–Crippen MR) is 68.3 cm³/mol. The molecular weight excluding hydrogens is 240 g/mol. The fourth-order valence-corrected chi connectivity index (χ4v) is 2.83. The van der Waals surface area contributed by atoms with Crippen LogP contribution in [0.1, 0.15) is 26.7 Å². The van der Waals surface area contributed by atoms with Crippen LogP contribution in [0.2, 0.25) is 0 Å². The number of nitrogens with one attached hydrogen (secondary N) is 2. The van der Waals surface area contributed by atoms with Crippen LogP contribution in [0.4, 0.5) is 4.79 Å². The first-order valence-corrected chi connectivity index (χ1v) is 7.03. The fourth-order valence-electron chi connectivity index (χ4n) is 1.72. The van der Waals surface area contributed by atoms with Gasteiger partial charge in [0.05, 0.1) is 0 Å². The Kier molecular flexibility index (Phi) is 5.61. The number of hydrogen-bond donors (Lipinski definition) is 3. The van der Waals surface area contributed by atoms with Crippen LogP contribution in [0.25, 0.3) is 0 Å². The molecule has 6 heteroatoms. The maximum absolute atomic E-state index is 11.6. The minimum atomic E-state index is -0.991. The van der Waals surface area contributed by atoms with Gasteiger partial charge in [-0.25, -0.2) is 9.59 Å². The van der Waals surface area contributed by atoms with E-state index >= 15 is 0 Å². The quantitative estimate of drug-likeness (QED) is 0.711. The zero-order valence-corrected chi connectivity index (χ0v) is 11.0. The highest BCUT2D eigenvalue weighted by atomic mass is 32.2. The molecular formula is C11H20N2O3S. The van der Waals surface area contributed by atoms with Crippen molar-refractivity contribution >= 4 is 23.8 Å². The number of aliphatic carboxylic acids is 1. The lowest BCUT2D eigenvalue weighted by atomic mass is 10.1. The van der Waals surface area contributed by atoms with E-state index in [1.807, 2.05) is 11.8 Å². The molecule has 0 aliphatic carbocycles. The number of carboxylic acids is 1. The third-order valence-electron chi connectivity index (χ3n) is 2.78. The van der Waals surface area contributed by atoms with Crippen molar-refractivity contribution in [3.8, 4) is 0 Å². The molecule has 0 aromatic carbocycles. The Morgan fingerprint density at radius 1 is 1.29 bits per heavy atom. The van der Waals surface area contributed by atoms with Gasteiger partial charge in [-0.2, -0.15) is 11.8 Å². The third kappa shape index (κ3) is 4.85. The van der Waals surface area contributed by atoms with Crippen LogP contribution in [-0.4, -0.2) is 40.7 Å². The van der Waals surface area contributed by atoms with E-state index < -0.39 is 12.0 Å². The molecule has 2 amide bonds. The van der Waals surface area contributed by atoms with E-state index in [0.717, 1.165) is 24.3 Å². The Hall–Kier alpha value is -0.910. The fraction of sp³-hybridized carbons (Fsp3) is 0.818. The summed E-state index contributed by atoms with van der Waals surface area (Å²) in [7, 11) is 0. The molecule has 1 aliphatic heterocycles. The molecule has 0 bridgehead atoms. The van der Waals surface area contributed by atoms with Gasteiger partial charge in [-0.05, 0) is 30.3 Å². The lowest BCUT2D eigenvalue weighted by Gasteiger charge is -2.24. The first-order chi connectivity index (χ1) is 8.00. The van der Waals surface area contributed by atoms with E-state index in [9.17, 15) is 9.59 Å². The molecule has 0 aromatic rings. The lowest BCUT2D eigenvalue weighted by molar-refractivity contribution is -0.140. The zero-order chi connectivity index (χ0) is 12.8. The van der Waals surface area contributed by atoms with E-state index in [4.69, 9.17) is 5.11 Å². The van der Waals surface area contributed by atoms with Gasteiger partial charge in [-0.1, -0.05) is 13.8 Å². The summed E-state index contributed by atoms with van der Waals surface area (Å²) in [5.41, 5.74) is 0. The van der Waals surface area contributed by atoms with Crippen LogP contribution in [0.15, 0.2) is 0 Å². The van der Waals surface area contributed by atoms with Crippen molar-refractivity contribution in [1.29, 1.82) is 0 Å². The predicted octanol–water partition coefficient (Wildman–Crippen LogP) is 1.29. The van der Waals surface area contributed by atoms with Gasteiger partial charge in [0.2, 0.25) is 0 Å². The van der Waals surface area contributed by atoms with Gasteiger partial charge in [0.1, 0.15) is 6.04 Å². The van der Waals surface area contributed by atoms with Gasteiger partial charge < -0.3 is 15.7 Å². The summed E-state index contributed by atoms with van der Waals surface area (Å²) < 4.78 is 0. The van der Waals surface area contributed by atoms with Gasteiger partial charge in [-0.15, -0.1) is 0 Å². The molecule has 1 fully saturated rings. The molecule has 1 rings (SSSR count). The van der Waals surface area contributed by atoms with Crippen molar-refractivity contribution < 1.29 is 14.7 Å². The molecule has 0 aromatic heterocycles. The highest BCUT2D eigenvalue weighted by Crippen LogP contribution is 2.16. The first kappa shape index (κ1) is 14.2. The smallest absolute Gasteiger partial charge is 0.326 e. The summed E-state index contributed by atoms with van der Waals surface area (Å²) in [5.74, 6) is 0.990. The van der Waals surface area contributed by atoms with Crippen LogP contribution in [0, 0.1) is 5.92 Å². The summed E-state index contributed by atoms with van der Waals surface area (Å²) in [5, 5.41) is 14.3. The Morgan fingerprint density at radius 3 is 2.35 bits per heavy atom. The summed E-state index contributed by atoms with van der Waals surface area (Å²) in [6, 6.07) is -1.02. The number of carboxylic acid groups (broad SMARTS) is 1. The third-order valence-corrected chi connectivity index (χ3v) is 3.82. The number of rotatable bonds is 4. The monoisotopic (exact) mass is 260 g/mol. The Bertz CT molecular complexity index is 278. The van der Waals surface area contributed by atoms with E-state index in [-0.39, 0.29) is 18.0 Å². The highest BCUT2D eigenvalue weighted by molar-refractivity contribution is 7.99. The van der Waals surface area contributed by atoms with Crippen LogP contribution in [0.5, 0.6) is 0 Å². The number of carbonyl (C=O) groups is 2. The van der Waals surface area contributed by atoms with Gasteiger partial charge in [-0.3, -0.25) is 0 Å². The van der Waals surface area contributed by atoms with Crippen molar-refractivity contribution in [2.24, 2.45) is 5.92 Å². The molecule has 1 heterocycles. The number of thioether (sulfide) groups is 1. The molecule has 1 atom stereocenters. The molecule has 0 saturated carbocycles. The van der Waals surface area contributed by atoms with Crippen molar-refractivity contribution in [2.45, 2.75) is 38.8 Å². The van der Waals surface area contributed by atoms with Gasteiger partial charge in [0, 0.05) is 6.04 Å². The molecule has 17 heavy (non-hydrogen) atoms. The maximum Gasteiger partial charge on any atom is 0.326 e. The molecule has 5 nitrogen and oxygen atoms in total. The highest BCUT2D eigenvalue weighted by Gasteiger charge is 2.24. The van der Waals surface area contributed by atoms with Gasteiger partial charge in [0.25, 0.3) is 0 Å². The van der Waals surface area contributed by atoms with E-state index in [1.54, 1.807) is 13.8 Å². The normalized spacial score (nSPS) is 18.8. The zero-order valence-electron chi connectivity index (χ0n) is 10.2. The van der Waals surface area contributed by atoms with E-state index in [0.29, 0.717) is 0 Å². The minimum absolute atomic E-state index is 0.125. The average Bonchev–Trinajstić information content (AvgIpc) is 2.26. The Balaban J connectivity index is 2.38. The second kappa shape index (κ2) is 6.74. The second-order valence-electron chi connectivity index (χ2n) is 4.56. The van der Waals surface area contributed by atoms with Crippen LogP contribution < -0.4 is 10.6 Å². The molecule has 1 unspecified atom stereocenters. The van der Waals surface area contributed by atoms with E-state index in [1.165, 1.54) is 0 Å². The number of carbonyl (C=O) groups excluding carboxylic acids is 1. The van der Waals surface area contributed by atoms with Crippen molar-refractivity contribution in [3.63, 3.8) is 0 Å². The van der Waals surface area contributed by atoms with Gasteiger partial charge in [0.15, 0.2) is 0 Å². The first-order valence-electron chi connectivity index (χ1n) is 5.88. The second-order valence-corrected chi connectivity index (χ2v) is 5.79. The number of amides is 2. The Labute approximate surface area is 106 Å². The topological polar surface area (TPSA) is 78.4 Å². The largest absolute Gasteiger partial charge is 0.480 e. The summed E-state index contributed by atoms with van der Waals surface area (Å²) in [6.45, 7) is 3.55. The van der Waals surface area contributed by atoms with Crippen molar-refractivity contribution in [1.82, 2.24) is 10.6 Å². The lowest BCUT2D eigenvalue weighted by Crippen LogP contribution is -2.51. The SMILES string of the molecule is CC(C)C(NC(=O)NC1CCSCC1)C(=O)O. The number of urea groups is 1. The molecule has 1 aliphatic rings. The molecule has 3 N–H and O–H groups in total. The van der Waals surface area contributed by atoms with Crippen molar-refractivity contribution in [3.05, 3.63) is 0 Å². The molecule has 1 saturated heterocycles. The van der Waals surface area contributed by atoms with Crippen LogP contribution >= 0.6 is 11.8 Å². The summed E-state index contributed by atoms with van der Waals surface area (Å²) in [4.78, 5) is 22.6. The molecule has 0 spiro atoms. The van der Waals surface area contributed by atoms with E-state index in [2.05, 4.69) is 10.6 Å². The molecule has 0 radical (unpaired) electrons.